The quantitative estimate of drug-likeness (QED) is 0.146. The number of aromatic hydroxyl groups is 2. The second-order valence-electron chi connectivity index (χ2n) is 10.8. The molecule has 0 fully saturated rings. The molecule has 0 bridgehead atoms. The molecule has 0 aromatic heterocycles. The largest absolute Gasteiger partial charge is 0.508 e. The molecule has 4 nitrogen and oxygen atoms in total. The van der Waals surface area contributed by atoms with Crippen molar-refractivity contribution in [2.45, 2.75) is 128 Å². The van der Waals surface area contributed by atoms with Crippen molar-refractivity contribution in [1.82, 2.24) is 0 Å². The maximum atomic E-state index is 11.5. The molecule has 4 heteroatoms. The molecule has 0 heterocycles. The molecule has 0 radical (unpaired) electrons. The van der Waals surface area contributed by atoms with Crippen molar-refractivity contribution in [2.75, 3.05) is 0 Å². The standard InChI is InChI=1S/C33H50O4/c1-2-3-4-5-6-7-8-9-10-11-12-13-14-15-16-26-33(27-25-32(36)37,28-17-21-30(34)22-18-28)29-19-23-31(35)24-20-29/h17-24,34-35H,2-16,25-27H2,1H3,(H,36,37). The second-order valence-corrected chi connectivity index (χ2v) is 10.8. The Hall–Kier alpha value is -2.49. The molecule has 3 N–H and O–H groups in total. The molecule has 0 saturated carbocycles. The first-order valence-corrected chi connectivity index (χ1v) is 14.8. The van der Waals surface area contributed by atoms with Crippen LogP contribution in [0.1, 0.15) is 134 Å². The lowest BCUT2D eigenvalue weighted by Gasteiger charge is -2.35. The number of carboxylic acid groups (broad SMARTS) is 1. The lowest BCUT2D eigenvalue weighted by Crippen LogP contribution is -2.29. The summed E-state index contributed by atoms with van der Waals surface area (Å²) in [7, 11) is 0. The van der Waals surface area contributed by atoms with Gasteiger partial charge >= 0.3 is 5.97 Å². The fraction of sp³-hybridized carbons (Fsp3) is 0.606. The molecule has 0 aliphatic heterocycles. The van der Waals surface area contributed by atoms with E-state index in [4.69, 9.17) is 0 Å². The molecule has 0 aliphatic rings. The number of aliphatic carboxylic acids is 1. The third kappa shape index (κ3) is 11.6. The Kier molecular flexibility index (Phi) is 14.8. The number of unbranched alkanes of at least 4 members (excludes halogenated alkanes) is 14. The van der Waals surface area contributed by atoms with Crippen LogP contribution in [0.25, 0.3) is 0 Å². The highest BCUT2D eigenvalue weighted by atomic mass is 16.4. The van der Waals surface area contributed by atoms with Crippen LogP contribution in [0.4, 0.5) is 0 Å². The van der Waals surface area contributed by atoms with Crippen LogP contribution >= 0.6 is 0 Å². The van der Waals surface area contributed by atoms with Gasteiger partial charge < -0.3 is 15.3 Å². The van der Waals surface area contributed by atoms with Gasteiger partial charge in [0.2, 0.25) is 0 Å². The molecule has 0 aliphatic carbocycles. The number of phenols is 2. The number of phenolic OH excluding ortho intramolecular Hbond substituents is 2. The smallest absolute Gasteiger partial charge is 0.303 e. The summed E-state index contributed by atoms with van der Waals surface area (Å²) in [5, 5.41) is 29.2. The van der Waals surface area contributed by atoms with Crippen molar-refractivity contribution in [2.24, 2.45) is 0 Å². The van der Waals surface area contributed by atoms with Crippen LogP contribution in [-0.2, 0) is 10.2 Å². The Labute approximate surface area is 225 Å². The van der Waals surface area contributed by atoms with E-state index >= 15 is 0 Å². The van der Waals surface area contributed by atoms with Gasteiger partial charge in [0, 0.05) is 11.8 Å². The Morgan fingerprint density at radius 3 is 1.27 bits per heavy atom. The predicted molar refractivity (Wildman–Crippen MR) is 153 cm³/mol. The van der Waals surface area contributed by atoms with Gasteiger partial charge in [0.05, 0.1) is 0 Å². The SMILES string of the molecule is CCCCCCCCCCCCCCCCCC(CCC(=O)O)(c1ccc(O)cc1)c1ccc(O)cc1. The maximum Gasteiger partial charge on any atom is 0.303 e. The van der Waals surface area contributed by atoms with E-state index in [1.165, 1.54) is 83.5 Å². The highest BCUT2D eigenvalue weighted by Gasteiger charge is 2.34. The number of rotatable bonds is 21. The lowest BCUT2D eigenvalue weighted by molar-refractivity contribution is -0.137. The number of carboxylic acids is 1. The molecular weight excluding hydrogens is 460 g/mol. The zero-order valence-corrected chi connectivity index (χ0v) is 23.1. The molecule has 0 saturated heterocycles. The van der Waals surface area contributed by atoms with Crippen LogP contribution < -0.4 is 0 Å². The Balaban J connectivity index is 1.81. The van der Waals surface area contributed by atoms with Gasteiger partial charge in [-0.1, -0.05) is 128 Å². The van der Waals surface area contributed by atoms with E-state index < -0.39 is 11.4 Å². The second kappa shape index (κ2) is 17.9. The van der Waals surface area contributed by atoms with E-state index in [1.807, 2.05) is 24.3 Å². The van der Waals surface area contributed by atoms with E-state index in [0.717, 1.165) is 30.4 Å². The third-order valence-electron chi connectivity index (χ3n) is 7.81. The molecule has 0 spiro atoms. The summed E-state index contributed by atoms with van der Waals surface area (Å²) in [4.78, 5) is 11.5. The molecule has 2 rings (SSSR count). The van der Waals surface area contributed by atoms with Crippen LogP contribution in [-0.4, -0.2) is 21.3 Å². The van der Waals surface area contributed by atoms with Crippen molar-refractivity contribution in [3.8, 4) is 11.5 Å². The van der Waals surface area contributed by atoms with Gasteiger partial charge in [-0.05, 0) is 48.2 Å². The summed E-state index contributed by atoms with van der Waals surface area (Å²) >= 11 is 0. The van der Waals surface area contributed by atoms with Crippen LogP contribution in [0.5, 0.6) is 11.5 Å². The van der Waals surface area contributed by atoms with E-state index in [9.17, 15) is 20.1 Å². The van der Waals surface area contributed by atoms with Crippen molar-refractivity contribution < 1.29 is 20.1 Å². The van der Waals surface area contributed by atoms with Crippen molar-refractivity contribution in [3.63, 3.8) is 0 Å². The summed E-state index contributed by atoms with van der Waals surface area (Å²) in [5.74, 6) is -0.402. The summed E-state index contributed by atoms with van der Waals surface area (Å²) in [6.45, 7) is 2.27. The Bertz CT molecular complexity index is 811. The van der Waals surface area contributed by atoms with E-state index in [0.29, 0.717) is 6.42 Å². The zero-order chi connectivity index (χ0) is 26.8. The van der Waals surface area contributed by atoms with Gasteiger partial charge in [-0.15, -0.1) is 0 Å². The topological polar surface area (TPSA) is 77.8 Å². The first kappa shape index (κ1) is 30.7. The molecule has 206 valence electrons. The summed E-state index contributed by atoms with van der Waals surface area (Å²) in [5.41, 5.74) is 1.57. The fourth-order valence-electron chi connectivity index (χ4n) is 5.55. The predicted octanol–water partition coefficient (Wildman–Crippen LogP) is 9.51. The maximum absolute atomic E-state index is 11.5. The Morgan fingerprint density at radius 2 is 0.919 bits per heavy atom. The molecule has 2 aromatic rings. The molecule has 2 aromatic carbocycles. The van der Waals surface area contributed by atoms with Crippen molar-refractivity contribution in [3.05, 3.63) is 59.7 Å². The van der Waals surface area contributed by atoms with Crippen LogP contribution in [0.3, 0.4) is 0 Å². The van der Waals surface area contributed by atoms with Crippen LogP contribution in [0.15, 0.2) is 48.5 Å². The summed E-state index contributed by atoms with van der Waals surface area (Å²) in [6.07, 6.45) is 21.1. The normalized spacial score (nSPS) is 11.6. The number of benzene rings is 2. The van der Waals surface area contributed by atoms with E-state index in [2.05, 4.69) is 6.92 Å². The average Bonchev–Trinajstić information content (AvgIpc) is 2.89. The number of hydrogen-bond donors (Lipinski definition) is 3. The van der Waals surface area contributed by atoms with Crippen LogP contribution in [0.2, 0.25) is 0 Å². The lowest BCUT2D eigenvalue weighted by atomic mass is 9.68. The van der Waals surface area contributed by atoms with Crippen molar-refractivity contribution in [1.29, 1.82) is 0 Å². The first-order valence-electron chi connectivity index (χ1n) is 14.8. The number of hydrogen-bond acceptors (Lipinski definition) is 3. The zero-order valence-electron chi connectivity index (χ0n) is 23.1. The fourth-order valence-corrected chi connectivity index (χ4v) is 5.55. The number of carbonyl (C=O) groups is 1. The molecular formula is C33H50O4. The third-order valence-corrected chi connectivity index (χ3v) is 7.81. The summed E-state index contributed by atoms with van der Waals surface area (Å²) < 4.78 is 0. The van der Waals surface area contributed by atoms with E-state index in [-0.39, 0.29) is 17.9 Å². The molecule has 37 heavy (non-hydrogen) atoms. The van der Waals surface area contributed by atoms with E-state index in [1.54, 1.807) is 24.3 Å². The minimum atomic E-state index is -0.807. The first-order chi connectivity index (χ1) is 18.0. The van der Waals surface area contributed by atoms with Gasteiger partial charge in [0.1, 0.15) is 11.5 Å². The van der Waals surface area contributed by atoms with Gasteiger partial charge in [-0.3, -0.25) is 4.79 Å². The molecule has 0 atom stereocenters. The highest BCUT2D eigenvalue weighted by molar-refractivity contribution is 5.67. The monoisotopic (exact) mass is 510 g/mol. The highest BCUT2D eigenvalue weighted by Crippen LogP contribution is 2.42. The Morgan fingerprint density at radius 1 is 0.568 bits per heavy atom. The van der Waals surface area contributed by atoms with Gasteiger partial charge in [-0.2, -0.15) is 0 Å². The minimum absolute atomic E-state index is 0.0699. The minimum Gasteiger partial charge on any atom is -0.508 e. The molecule has 0 unspecified atom stereocenters. The van der Waals surface area contributed by atoms with Crippen LogP contribution in [0, 0.1) is 0 Å². The summed E-state index contributed by atoms with van der Waals surface area (Å²) in [6, 6.07) is 14.4. The van der Waals surface area contributed by atoms with Crippen molar-refractivity contribution >= 4 is 5.97 Å². The molecule has 0 amide bonds. The average molecular weight is 511 g/mol. The van der Waals surface area contributed by atoms with Gasteiger partial charge in [0.25, 0.3) is 0 Å². The van der Waals surface area contributed by atoms with Gasteiger partial charge in [-0.25, -0.2) is 0 Å². The van der Waals surface area contributed by atoms with Gasteiger partial charge in [0.15, 0.2) is 0 Å².